The van der Waals surface area contributed by atoms with Gasteiger partial charge in [-0.2, -0.15) is 0 Å². The summed E-state index contributed by atoms with van der Waals surface area (Å²) in [5.74, 6) is -0.172. The van der Waals surface area contributed by atoms with E-state index in [9.17, 15) is 4.79 Å². The summed E-state index contributed by atoms with van der Waals surface area (Å²) in [5.41, 5.74) is 2.90. The highest BCUT2D eigenvalue weighted by Gasteiger charge is 2.15. The minimum absolute atomic E-state index is 0.0459. The lowest BCUT2D eigenvalue weighted by Gasteiger charge is -2.21. The number of hydrogen-bond donors (Lipinski definition) is 0. The average Bonchev–Trinajstić information content (AvgIpc) is 3.03. The Morgan fingerprint density at radius 2 is 2.05 bits per heavy atom. The van der Waals surface area contributed by atoms with Gasteiger partial charge in [-0.1, -0.05) is 12.1 Å². The fraction of sp³-hybridized carbons (Fsp3) is 0.375. The van der Waals surface area contributed by atoms with Gasteiger partial charge in [0, 0.05) is 22.8 Å². The van der Waals surface area contributed by atoms with E-state index in [2.05, 4.69) is 4.37 Å². The van der Waals surface area contributed by atoms with Crippen molar-refractivity contribution in [3.05, 3.63) is 47.0 Å². The van der Waals surface area contributed by atoms with Gasteiger partial charge in [0.05, 0.1) is 19.3 Å². The van der Waals surface area contributed by atoms with Crippen LogP contribution in [0.15, 0.2) is 35.8 Å². The number of carbonyl (C=O) groups excluding carboxylic acids is 1. The van der Waals surface area contributed by atoms with E-state index in [1.54, 1.807) is 11.1 Å². The van der Waals surface area contributed by atoms with Crippen LogP contribution >= 0.6 is 23.1 Å². The molecule has 22 heavy (non-hydrogen) atoms. The number of ether oxygens (including phenoxy) is 1. The Hall–Kier alpha value is -1.43. The van der Waals surface area contributed by atoms with Crippen molar-refractivity contribution in [1.29, 1.82) is 0 Å². The molecule has 0 N–H and O–H groups in total. The fourth-order valence-electron chi connectivity index (χ4n) is 1.92. The van der Waals surface area contributed by atoms with E-state index in [1.165, 1.54) is 11.5 Å². The van der Waals surface area contributed by atoms with Gasteiger partial charge in [-0.05, 0) is 43.1 Å². The van der Waals surface area contributed by atoms with Crippen LogP contribution < -0.4 is 4.90 Å². The normalized spacial score (nSPS) is 10.9. The predicted octanol–water partition coefficient (Wildman–Crippen LogP) is 3.84. The molecule has 0 radical (unpaired) electrons. The van der Waals surface area contributed by atoms with Gasteiger partial charge in [0.2, 0.25) is 5.91 Å². The Labute approximate surface area is 139 Å². The van der Waals surface area contributed by atoms with Gasteiger partial charge in [0.1, 0.15) is 5.88 Å². The maximum absolute atomic E-state index is 12.1. The zero-order chi connectivity index (χ0) is 15.9. The fourth-order valence-corrected chi connectivity index (χ4v) is 2.59. The molecule has 0 unspecified atom stereocenters. The number of halogens is 1. The van der Waals surface area contributed by atoms with E-state index in [4.69, 9.17) is 16.3 Å². The molecule has 0 bridgehead atoms. The number of rotatable bonds is 7. The van der Waals surface area contributed by atoms with Gasteiger partial charge < -0.3 is 9.64 Å². The molecule has 0 aliphatic heterocycles. The highest BCUT2D eigenvalue weighted by molar-refractivity contribution is 7.03. The Kier molecular flexibility index (Phi) is 6.36. The van der Waals surface area contributed by atoms with Gasteiger partial charge >= 0.3 is 0 Å². The third-order valence-corrected chi connectivity index (χ3v) is 3.93. The summed E-state index contributed by atoms with van der Waals surface area (Å²) < 4.78 is 9.64. The van der Waals surface area contributed by atoms with Crippen molar-refractivity contribution in [2.24, 2.45) is 0 Å². The average molecular weight is 339 g/mol. The Balaban J connectivity index is 2.11. The zero-order valence-corrected chi connectivity index (χ0v) is 14.2. The molecule has 1 aromatic carbocycles. The van der Waals surface area contributed by atoms with Gasteiger partial charge in [-0.25, -0.2) is 4.37 Å². The maximum Gasteiger partial charge on any atom is 0.242 e. The molecule has 0 atom stereocenters. The molecule has 0 aliphatic carbocycles. The van der Waals surface area contributed by atoms with E-state index in [1.807, 2.05) is 43.5 Å². The van der Waals surface area contributed by atoms with Crippen LogP contribution in [0, 0.1) is 0 Å². The highest BCUT2D eigenvalue weighted by Crippen LogP contribution is 2.20. The van der Waals surface area contributed by atoms with Gasteiger partial charge in [0.25, 0.3) is 0 Å². The second-order valence-electron chi connectivity index (χ2n) is 5.17. The SMILES string of the molecule is CC(C)OCc1ccc(N(Cc2cnsc2)C(=O)CCl)cc1. The van der Waals surface area contributed by atoms with Gasteiger partial charge in [-0.15, -0.1) is 11.6 Å². The van der Waals surface area contributed by atoms with Crippen LogP contribution in [-0.2, 0) is 22.7 Å². The maximum atomic E-state index is 12.1. The van der Waals surface area contributed by atoms with Gasteiger partial charge in [-0.3, -0.25) is 4.79 Å². The third-order valence-electron chi connectivity index (χ3n) is 3.07. The Morgan fingerprint density at radius 1 is 1.32 bits per heavy atom. The topological polar surface area (TPSA) is 42.4 Å². The summed E-state index contributed by atoms with van der Waals surface area (Å²) >= 11 is 7.10. The van der Waals surface area contributed by atoms with Crippen LogP contribution in [0.2, 0.25) is 0 Å². The van der Waals surface area contributed by atoms with Gasteiger partial charge in [0.15, 0.2) is 0 Å². The summed E-state index contributed by atoms with van der Waals surface area (Å²) in [7, 11) is 0. The van der Waals surface area contributed by atoms with Crippen LogP contribution in [0.5, 0.6) is 0 Å². The molecule has 1 amide bonds. The van der Waals surface area contributed by atoms with Crippen molar-refractivity contribution in [3.8, 4) is 0 Å². The van der Waals surface area contributed by atoms with Crippen molar-refractivity contribution < 1.29 is 9.53 Å². The predicted molar refractivity (Wildman–Crippen MR) is 90.4 cm³/mol. The summed E-state index contributed by atoms with van der Waals surface area (Å²) in [6.07, 6.45) is 1.96. The third kappa shape index (κ3) is 4.80. The minimum atomic E-state index is -0.126. The monoisotopic (exact) mass is 338 g/mol. The molecule has 6 heteroatoms. The standard InChI is InChI=1S/C16H19ClN2O2S/c1-12(2)21-10-13-3-5-15(6-4-13)19(16(20)7-17)9-14-8-18-22-11-14/h3-6,8,11-12H,7,9-10H2,1-2H3. The number of aromatic nitrogens is 1. The van der Waals surface area contributed by atoms with Crippen molar-refractivity contribution in [2.75, 3.05) is 10.8 Å². The van der Waals surface area contributed by atoms with E-state index in [-0.39, 0.29) is 17.9 Å². The number of carbonyl (C=O) groups is 1. The number of benzene rings is 1. The van der Waals surface area contributed by atoms with Crippen LogP contribution in [0.1, 0.15) is 25.0 Å². The first-order chi connectivity index (χ1) is 10.6. The van der Waals surface area contributed by atoms with Crippen molar-refractivity contribution >= 4 is 34.7 Å². The summed E-state index contributed by atoms with van der Waals surface area (Å²) in [6, 6.07) is 7.78. The Morgan fingerprint density at radius 3 is 2.59 bits per heavy atom. The highest BCUT2D eigenvalue weighted by atomic mass is 35.5. The lowest BCUT2D eigenvalue weighted by atomic mass is 10.2. The summed E-state index contributed by atoms with van der Waals surface area (Å²) in [5, 5.41) is 1.93. The first-order valence-corrected chi connectivity index (χ1v) is 8.42. The molecule has 118 valence electrons. The lowest BCUT2D eigenvalue weighted by molar-refractivity contribution is -0.116. The Bertz CT molecular complexity index is 585. The smallest absolute Gasteiger partial charge is 0.242 e. The number of anilines is 1. The molecule has 2 aromatic rings. The zero-order valence-electron chi connectivity index (χ0n) is 12.7. The molecule has 2 rings (SSSR count). The molecular weight excluding hydrogens is 320 g/mol. The first kappa shape index (κ1) is 16.9. The van der Waals surface area contributed by atoms with Crippen molar-refractivity contribution in [3.63, 3.8) is 0 Å². The second-order valence-corrected chi connectivity index (χ2v) is 6.10. The van der Waals surface area contributed by atoms with E-state index >= 15 is 0 Å². The minimum Gasteiger partial charge on any atom is -0.374 e. The van der Waals surface area contributed by atoms with Crippen LogP contribution in [0.3, 0.4) is 0 Å². The molecular formula is C16H19ClN2O2S. The largest absolute Gasteiger partial charge is 0.374 e. The van der Waals surface area contributed by atoms with Crippen molar-refractivity contribution in [1.82, 2.24) is 4.37 Å². The lowest BCUT2D eigenvalue weighted by Crippen LogP contribution is -2.31. The summed E-state index contributed by atoms with van der Waals surface area (Å²) in [6.45, 7) is 5.05. The second kappa shape index (κ2) is 8.27. The quantitative estimate of drug-likeness (QED) is 0.720. The van der Waals surface area contributed by atoms with Crippen LogP contribution in [0.25, 0.3) is 0 Å². The van der Waals surface area contributed by atoms with Crippen LogP contribution in [-0.4, -0.2) is 22.3 Å². The molecule has 0 saturated carbocycles. The number of amides is 1. The first-order valence-electron chi connectivity index (χ1n) is 7.05. The van der Waals surface area contributed by atoms with E-state index in [0.29, 0.717) is 13.2 Å². The molecule has 0 saturated heterocycles. The number of hydrogen-bond acceptors (Lipinski definition) is 4. The molecule has 1 aromatic heterocycles. The summed E-state index contributed by atoms with van der Waals surface area (Å²) in [4.78, 5) is 13.8. The van der Waals surface area contributed by atoms with Crippen LogP contribution in [0.4, 0.5) is 5.69 Å². The van der Waals surface area contributed by atoms with E-state index in [0.717, 1.165) is 16.8 Å². The molecule has 0 aliphatic rings. The molecule has 0 spiro atoms. The molecule has 4 nitrogen and oxygen atoms in total. The number of alkyl halides is 1. The number of nitrogens with zero attached hydrogens (tertiary/aromatic N) is 2. The molecule has 0 fully saturated rings. The van der Waals surface area contributed by atoms with E-state index < -0.39 is 0 Å². The molecule has 1 heterocycles. The van der Waals surface area contributed by atoms with Crippen molar-refractivity contribution in [2.45, 2.75) is 33.1 Å².